The van der Waals surface area contributed by atoms with Gasteiger partial charge in [0, 0.05) is 11.3 Å². The maximum Gasteiger partial charge on any atom is 0.262 e. The molecule has 0 aromatic heterocycles. The maximum atomic E-state index is 11.8. The highest BCUT2D eigenvalue weighted by Crippen LogP contribution is 2.22. The van der Waals surface area contributed by atoms with Crippen LogP contribution < -0.4 is 20.5 Å². The summed E-state index contributed by atoms with van der Waals surface area (Å²) in [5.74, 6) is 0.747. The van der Waals surface area contributed by atoms with Crippen LogP contribution in [0, 0.1) is 0 Å². The van der Waals surface area contributed by atoms with Gasteiger partial charge >= 0.3 is 0 Å². The summed E-state index contributed by atoms with van der Waals surface area (Å²) in [6.45, 7) is -0.184. The number of nitrogens with one attached hydrogen (secondary N) is 1. The van der Waals surface area contributed by atoms with Crippen molar-refractivity contribution in [2.45, 2.75) is 0 Å². The van der Waals surface area contributed by atoms with Crippen LogP contribution in [0.4, 0.5) is 11.4 Å². The van der Waals surface area contributed by atoms with Gasteiger partial charge in [0.15, 0.2) is 6.61 Å². The fraction of sp³-hybridized carbons (Fsp3) is 0.125. The lowest BCUT2D eigenvalue weighted by atomic mass is 10.2. The summed E-state index contributed by atoms with van der Waals surface area (Å²) in [7, 11) is 1.57. The fourth-order valence-corrected chi connectivity index (χ4v) is 1.79. The Kier molecular flexibility index (Phi) is 4.98. The van der Waals surface area contributed by atoms with Crippen LogP contribution in [0.1, 0.15) is 10.4 Å². The molecule has 0 aliphatic rings. The smallest absolute Gasteiger partial charge is 0.262 e. The van der Waals surface area contributed by atoms with E-state index in [0.29, 0.717) is 34.7 Å². The standard InChI is InChI=1S/C16H16N2O4/c1-21-13-5-3-12(4-6-13)18-16(20)10-22-15-7-2-11(9-19)8-14(15)17/h2-9H,10,17H2,1H3,(H,18,20). The van der Waals surface area contributed by atoms with Crippen LogP contribution in [0.15, 0.2) is 42.5 Å². The van der Waals surface area contributed by atoms with Crippen LogP contribution in [0.2, 0.25) is 0 Å². The van der Waals surface area contributed by atoms with Gasteiger partial charge in [-0.25, -0.2) is 0 Å². The second-order valence-corrected chi connectivity index (χ2v) is 4.48. The molecule has 0 aliphatic heterocycles. The fourth-order valence-electron chi connectivity index (χ4n) is 1.79. The molecule has 0 aliphatic carbocycles. The van der Waals surface area contributed by atoms with E-state index in [1.807, 2.05) is 0 Å². The summed E-state index contributed by atoms with van der Waals surface area (Å²) >= 11 is 0. The molecule has 2 rings (SSSR count). The van der Waals surface area contributed by atoms with Crippen LogP contribution in [0.3, 0.4) is 0 Å². The van der Waals surface area contributed by atoms with E-state index in [9.17, 15) is 9.59 Å². The van der Waals surface area contributed by atoms with Gasteiger partial charge in [-0.3, -0.25) is 9.59 Å². The number of anilines is 2. The van der Waals surface area contributed by atoms with Crippen molar-refractivity contribution in [3.05, 3.63) is 48.0 Å². The maximum absolute atomic E-state index is 11.8. The van der Waals surface area contributed by atoms with E-state index in [1.54, 1.807) is 43.5 Å². The molecule has 1 amide bonds. The Bertz CT molecular complexity index is 668. The number of rotatable bonds is 6. The number of carbonyl (C=O) groups excluding carboxylic acids is 2. The Hall–Kier alpha value is -3.02. The van der Waals surface area contributed by atoms with Gasteiger partial charge in [0.2, 0.25) is 0 Å². The molecule has 0 unspecified atom stereocenters. The molecular formula is C16H16N2O4. The first-order chi connectivity index (χ1) is 10.6. The lowest BCUT2D eigenvalue weighted by Crippen LogP contribution is -2.20. The molecule has 6 heteroatoms. The Morgan fingerprint density at radius 1 is 1.23 bits per heavy atom. The van der Waals surface area contributed by atoms with Gasteiger partial charge in [0.25, 0.3) is 5.91 Å². The minimum atomic E-state index is -0.316. The molecule has 3 N–H and O–H groups in total. The molecule has 22 heavy (non-hydrogen) atoms. The number of aldehydes is 1. The number of ether oxygens (including phenoxy) is 2. The second-order valence-electron chi connectivity index (χ2n) is 4.48. The monoisotopic (exact) mass is 300 g/mol. The van der Waals surface area contributed by atoms with Crippen molar-refractivity contribution in [3.63, 3.8) is 0 Å². The summed E-state index contributed by atoms with van der Waals surface area (Å²) in [6, 6.07) is 11.6. The first-order valence-corrected chi connectivity index (χ1v) is 6.54. The predicted molar refractivity (Wildman–Crippen MR) is 83.4 cm³/mol. The van der Waals surface area contributed by atoms with Gasteiger partial charge in [0.1, 0.15) is 17.8 Å². The van der Waals surface area contributed by atoms with Gasteiger partial charge < -0.3 is 20.5 Å². The van der Waals surface area contributed by atoms with Crippen molar-refractivity contribution < 1.29 is 19.1 Å². The number of nitrogen functional groups attached to an aromatic ring is 1. The zero-order valence-electron chi connectivity index (χ0n) is 12.0. The van der Waals surface area contributed by atoms with Gasteiger partial charge in [-0.15, -0.1) is 0 Å². The zero-order valence-corrected chi connectivity index (χ0v) is 12.0. The summed E-state index contributed by atoms with van der Waals surface area (Å²) in [5, 5.41) is 2.69. The Morgan fingerprint density at radius 3 is 2.55 bits per heavy atom. The SMILES string of the molecule is COc1ccc(NC(=O)COc2ccc(C=O)cc2N)cc1. The van der Waals surface area contributed by atoms with Gasteiger partial charge in [0.05, 0.1) is 12.8 Å². The number of methoxy groups -OCH3 is 1. The van der Waals surface area contributed by atoms with Crippen molar-refractivity contribution in [1.29, 1.82) is 0 Å². The third-order valence-corrected chi connectivity index (χ3v) is 2.90. The molecule has 0 bridgehead atoms. The average molecular weight is 300 g/mol. The van der Waals surface area contributed by atoms with Crippen LogP contribution in [0.25, 0.3) is 0 Å². The van der Waals surface area contributed by atoms with Crippen LogP contribution in [0.5, 0.6) is 11.5 Å². The third kappa shape index (κ3) is 3.99. The van der Waals surface area contributed by atoms with E-state index in [4.69, 9.17) is 15.2 Å². The molecular weight excluding hydrogens is 284 g/mol. The quantitative estimate of drug-likeness (QED) is 0.630. The molecule has 6 nitrogen and oxygen atoms in total. The molecule has 0 fully saturated rings. The molecule has 0 radical (unpaired) electrons. The topological polar surface area (TPSA) is 90.6 Å². The minimum absolute atomic E-state index is 0.184. The summed E-state index contributed by atoms with van der Waals surface area (Å²) in [5.41, 5.74) is 7.13. The molecule has 2 aromatic carbocycles. The van der Waals surface area contributed by atoms with E-state index in [1.165, 1.54) is 6.07 Å². The first-order valence-electron chi connectivity index (χ1n) is 6.54. The average Bonchev–Trinajstić information content (AvgIpc) is 2.54. The van der Waals surface area contributed by atoms with E-state index in [-0.39, 0.29) is 12.5 Å². The second kappa shape index (κ2) is 7.12. The molecule has 0 saturated heterocycles. The molecule has 2 aromatic rings. The molecule has 0 atom stereocenters. The number of carbonyl (C=O) groups is 2. The number of amides is 1. The van der Waals surface area contributed by atoms with E-state index in [2.05, 4.69) is 5.32 Å². The third-order valence-electron chi connectivity index (χ3n) is 2.90. The lowest BCUT2D eigenvalue weighted by molar-refractivity contribution is -0.118. The van der Waals surface area contributed by atoms with Gasteiger partial charge in [-0.1, -0.05) is 0 Å². The number of hydrogen-bond donors (Lipinski definition) is 2. The number of benzene rings is 2. The first kappa shape index (κ1) is 15.4. The highest BCUT2D eigenvalue weighted by Gasteiger charge is 2.07. The van der Waals surface area contributed by atoms with Crippen LogP contribution in [-0.4, -0.2) is 25.9 Å². The van der Waals surface area contributed by atoms with Crippen molar-refractivity contribution in [1.82, 2.24) is 0 Å². The normalized spacial score (nSPS) is 9.86. The highest BCUT2D eigenvalue weighted by atomic mass is 16.5. The van der Waals surface area contributed by atoms with Gasteiger partial charge in [-0.05, 0) is 42.5 Å². The summed E-state index contributed by atoms with van der Waals surface area (Å²) < 4.78 is 10.4. The predicted octanol–water partition coefficient (Wildman–Crippen LogP) is 2.11. The molecule has 0 heterocycles. The minimum Gasteiger partial charge on any atom is -0.497 e. The Morgan fingerprint density at radius 2 is 1.95 bits per heavy atom. The van der Waals surface area contributed by atoms with Crippen molar-refractivity contribution in [3.8, 4) is 11.5 Å². The largest absolute Gasteiger partial charge is 0.497 e. The van der Waals surface area contributed by atoms with Crippen LogP contribution in [-0.2, 0) is 4.79 Å². The number of nitrogens with two attached hydrogens (primary N) is 1. The van der Waals surface area contributed by atoms with Crippen molar-refractivity contribution >= 4 is 23.6 Å². The summed E-state index contributed by atoms with van der Waals surface area (Å²) in [4.78, 5) is 22.4. The highest BCUT2D eigenvalue weighted by molar-refractivity contribution is 5.92. The summed E-state index contributed by atoms with van der Waals surface area (Å²) in [6.07, 6.45) is 0.691. The van der Waals surface area contributed by atoms with Gasteiger partial charge in [-0.2, -0.15) is 0 Å². The molecule has 0 spiro atoms. The van der Waals surface area contributed by atoms with Crippen molar-refractivity contribution in [2.24, 2.45) is 0 Å². The zero-order chi connectivity index (χ0) is 15.9. The van der Waals surface area contributed by atoms with E-state index in [0.717, 1.165) is 0 Å². The molecule has 114 valence electrons. The van der Waals surface area contributed by atoms with Crippen LogP contribution >= 0.6 is 0 Å². The number of hydrogen-bond acceptors (Lipinski definition) is 5. The van der Waals surface area contributed by atoms with Crippen molar-refractivity contribution in [2.75, 3.05) is 24.8 Å². The Balaban J connectivity index is 1.90. The van der Waals surface area contributed by atoms with E-state index >= 15 is 0 Å². The lowest BCUT2D eigenvalue weighted by Gasteiger charge is -2.10. The Labute approximate surface area is 127 Å². The molecule has 0 saturated carbocycles. The van der Waals surface area contributed by atoms with E-state index < -0.39 is 0 Å².